The van der Waals surface area contributed by atoms with Crippen LogP contribution < -0.4 is 19.9 Å². The molecule has 7 nitrogen and oxygen atoms in total. The number of carbonyl (C=O) groups excluding carboxylic acids is 2. The van der Waals surface area contributed by atoms with E-state index in [4.69, 9.17) is 19.9 Å². The van der Waals surface area contributed by atoms with Crippen LogP contribution in [-0.4, -0.2) is 50.6 Å². The average molecular weight is 308 g/mol. The Kier molecular flexibility index (Phi) is 4.75. The first-order valence-electron chi connectivity index (χ1n) is 6.93. The maximum atomic E-state index is 12.7. The van der Waals surface area contributed by atoms with Crippen LogP contribution in [0.25, 0.3) is 0 Å². The summed E-state index contributed by atoms with van der Waals surface area (Å²) in [7, 11) is 4.45. The minimum atomic E-state index is -0.563. The second kappa shape index (κ2) is 6.55. The van der Waals surface area contributed by atoms with Gasteiger partial charge in [-0.15, -0.1) is 0 Å². The summed E-state index contributed by atoms with van der Waals surface area (Å²) in [6.45, 7) is 0.503. The first kappa shape index (κ1) is 15.9. The number of ether oxygens (including phenoxy) is 3. The van der Waals surface area contributed by atoms with Gasteiger partial charge in [-0.3, -0.25) is 9.59 Å². The standard InChI is InChI=1S/C15H20N2O5/c1-20-11-7-9(8-12(21-2)13(11)22-3)15(19)17-6-4-5-10(17)14(16)18/h7-8,10H,4-6H2,1-3H3,(H2,16,18). The second-order valence-electron chi connectivity index (χ2n) is 4.97. The number of hydrogen-bond acceptors (Lipinski definition) is 5. The van der Waals surface area contributed by atoms with Crippen molar-refractivity contribution in [3.8, 4) is 17.2 Å². The summed E-state index contributed by atoms with van der Waals surface area (Å²) in [6, 6.07) is 2.58. The Hall–Kier alpha value is -2.44. The SMILES string of the molecule is COc1cc(C(=O)N2CCCC2C(N)=O)cc(OC)c1OC. The van der Waals surface area contributed by atoms with E-state index in [-0.39, 0.29) is 5.91 Å². The lowest BCUT2D eigenvalue weighted by Gasteiger charge is -2.23. The average Bonchev–Trinajstić information content (AvgIpc) is 3.02. The van der Waals surface area contributed by atoms with Crippen molar-refractivity contribution in [3.05, 3.63) is 17.7 Å². The van der Waals surface area contributed by atoms with Crippen molar-refractivity contribution >= 4 is 11.8 Å². The predicted molar refractivity (Wildman–Crippen MR) is 79.4 cm³/mol. The minimum Gasteiger partial charge on any atom is -0.493 e. The molecule has 1 aliphatic heterocycles. The molecule has 7 heteroatoms. The fraction of sp³-hybridized carbons (Fsp3) is 0.467. The van der Waals surface area contributed by atoms with E-state index in [1.54, 1.807) is 12.1 Å². The molecule has 22 heavy (non-hydrogen) atoms. The zero-order valence-electron chi connectivity index (χ0n) is 12.9. The van der Waals surface area contributed by atoms with E-state index in [2.05, 4.69) is 0 Å². The molecule has 2 amide bonds. The van der Waals surface area contributed by atoms with Crippen molar-refractivity contribution in [2.75, 3.05) is 27.9 Å². The topological polar surface area (TPSA) is 91.1 Å². The highest BCUT2D eigenvalue weighted by atomic mass is 16.5. The summed E-state index contributed by atoms with van der Waals surface area (Å²) < 4.78 is 15.7. The van der Waals surface area contributed by atoms with Gasteiger partial charge in [0.15, 0.2) is 11.5 Å². The molecule has 0 radical (unpaired) electrons. The van der Waals surface area contributed by atoms with E-state index >= 15 is 0 Å². The van der Waals surface area contributed by atoms with Gasteiger partial charge in [0.25, 0.3) is 5.91 Å². The normalized spacial score (nSPS) is 17.2. The number of likely N-dealkylation sites (tertiary alicyclic amines) is 1. The predicted octanol–water partition coefficient (Wildman–Crippen LogP) is 0.802. The molecule has 0 spiro atoms. The maximum absolute atomic E-state index is 12.7. The van der Waals surface area contributed by atoms with E-state index in [0.717, 1.165) is 6.42 Å². The largest absolute Gasteiger partial charge is 0.493 e. The first-order valence-corrected chi connectivity index (χ1v) is 6.93. The fourth-order valence-corrected chi connectivity index (χ4v) is 2.68. The quantitative estimate of drug-likeness (QED) is 0.869. The molecule has 1 saturated heterocycles. The van der Waals surface area contributed by atoms with Gasteiger partial charge in [0, 0.05) is 12.1 Å². The van der Waals surface area contributed by atoms with Crippen LogP contribution in [0.2, 0.25) is 0 Å². The highest BCUT2D eigenvalue weighted by Crippen LogP contribution is 2.38. The lowest BCUT2D eigenvalue weighted by atomic mass is 10.1. The number of nitrogens with two attached hydrogens (primary N) is 1. The van der Waals surface area contributed by atoms with E-state index in [9.17, 15) is 9.59 Å². The van der Waals surface area contributed by atoms with Gasteiger partial charge in [0.1, 0.15) is 6.04 Å². The number of benzene rings is 1. The Morgan fingerprint density at radius 2 is 1.73 bits per heavy atom. The van der Waals surface area contributed by atoms with Crippen molar-refractivity contribution < 1.29 is 23.8 Å². The molecule has 0 aliphatic carbocycles. The van der Waals surface area contributed by atoms with Crippen molar-refractivity contribution in [3.63, 3.8) is 0 Å². The van der Waals surface area contributed by atoms with Gasteiger partial charge < -0.3 is 24.8 Å². The summed E-state index contributed by atoms with van der Waals surface area (Å²) in [5, 5.41) is 0. The lowest BCUT2D eigenvalue weighted by molar-refractivity contribution is -0.121. The van der Waals surface area contributed by atoms with Crippen LogP contribution in [-0.2, 0) is 4.79 Å². The van der Waals surface area contributed by atoms with Crippen LogP contribution in [0, 0.1) is 0 Å². The van der Waals surface area contributed by atoms with Gasteiger partial charge in [0.2, 0.25) is 11.7 Å². The second-order valence-corrected chi connectivity index (χ2v) is 4.97. The van der Waals surface area contributed by atoms with E-state index in [1.165, 1.54) is 26.2 Å². The Morgan fingerprint density at radius 1 is 1.14 bits per heavy atom. The molecule has 2 rings (SSSR count). The lowest BCUT2D eigenvalue weighted by Crippen LogP contribution is -2.43. The third kappa shape index (κ3) is 2.79. The van der Waals surface area contributed by atoms with Crippen LogP contribution in [0.15, 0.2) is 12.1 Å². The number of nitrogens with zero attached hydrogens (tertiary/aromatic N) is 1. The molecule has 1 aromatic rings. The van der Waals surface area contributed by atoms with E-state index in [1.807, 2.05) is 0 Å². The summed E-state index contributed by atoms with van der Waals surface area (Å²) in [6.07, 6.45) is 1.34. The number of rotatable bonds is 5. The maximum Gasteiger partial charge on any atom is 0.254 e. The summed E-state index contributed by atoms with van der Waals surface area (Å²) in [5.41, 5.74) is 5.72. The van der Waals surface area contributed by atoms with Crippen LogP contribution >= 0.6 is 0 Å². The molecule has 2 N–H and O–H groups in total. The molecule has 0 bridgehead atoms. The molecular weight excluding hydrogens is 288 g/mol. The molecule has 1 heterocycles. The molecule has 1 unspecified atom stereocenters. The number of methoxy groups -OCH3 is 3. The molecule has 1 atom stereocenters. The van der Waals surface area contributed by atoms with Crippen molar-refractivity contribution in [2.45, 2.75) is 18.9 Å². The van der Waals surface area contributed by atoms with Crippen LogP contribution in [0.5, 0.6) is 17.2 Å². The summed E-state index contributed by atoms with van der Waals surface area (Å²) in [5.74, 6) is 0.424. The molecule has 1 aliphatic rings. The zero-order chi connectivity index (χ0) is 16.3. The zero-order valence-corrected chi connectivity index (χ0v) is 12.9. The highest BCUT2D eigenvalue weighted by molar-refractivity contribution is 5.98. The van der Waals surface area contributed by atoms with Crippen molar-refractivity contribution in [2.24, 2.45) is 5.73 Å². The van der Waals surface area contributed by atoms with E-state index < -0.39 is 11.9 Å². The monoisotopic (exact) mass is 308 g/mol. The number of carbonyl (C=O) groups is 2. The molecule has 1 aromatic carbocycles. The smallest absolute Gasteiger partial charge is 0.254 e. The van der Waals surface area contributed by atoms with Crippen molar-refractivity contribution in [1.29, 1.82) is 0 Å². The first-order chi connectivity index (χ1) is 10.5. The molecule has 0 aromatic heterocycles. The van der Waals surface area contributed by atoms with Crippen LogP contribution in [0.3, 0.4) is 0 Å². The number of hydrogen-bond donors (Lipinski definition) is 1. The Bertz CT molecular complexity index is 562. The molecular formula is C15H20N2O5. The fourth-order valence-electron chi connectivity index (χ4n) is 2.68. The van der Waals surface area contributed by atoms with Gasteiger partial charge in [-0.25, -0.2) is 0 Å². The van der Waals surface area contributed by atoms with Gasteiger partial charge in [0.05, 0.1) is 21.3 Å². The van der Waals surface area contributed by atoms with E-state index in [0.29, 0.717) is 35.8 Å². The van der Waals surface area contributed by atoms with Crippen molar-refractivity contribution in [1.82, 2.24) is 4.90 Å². The highest BCUT2D eigenvalue weighted by Gasteiger charge is 2.33. The Labute approximate surface area is 128 Å². The minimum absolute atomic E-state index is 0.277. The molecule has 0 saturated carbocycles. The van der Waals surface area contributed by atoms with Gasteiger partial charge >= 0.3 is 0 Å². The third-order valence-corrected chi connectivity index (χ3v) is 3.75. The van der Waals surface area contributed by atoms with Crippen LogP contribution in [0.4, 0.5) is 0 Å². The summed E-state index contributed by atoms with van der Waals surface area (Å²) in [4.78, 5) is 25.6. The number of amides is 2. The Balaban J connectivity index is 2.39. The Morgan fingerprint density at radius 3 is 2.18 bits per heavy atom. The number of primary amides is 1. The van der Waals surface area contributed by atoms with Gasteiger partial charge in [-0.2, -0.15) is 0 Å². The molecule has 1 fully saturated rings. The van der Waals surface area contributed by atoms with Crippen LogP contribution in [0.1, 0.15) is 23.2 Å². The third-order valence-electron chi connectivity index (χ3n) is 3.75. The molecule has 120 valence electrons. The van der Waals surface area contributed by atoms with Gasteiger partial charge in [-0.1, -0.05) is 0 Å². The van der Waals surface area contributed by atoms with Gasteiger partial charge in [-0.05, 0) is 25.0 Å². The summed E-state index contributed by atoms with van der Waals surface area (Å²) >= 11 is 0.